The van der Waals surface area contributed by atoms with Crippen molar-refractivity contribution in [3.05, 3.63) is 0 Å². The van der Waals surface area contributed by atoms with Crippen LogP contribution >= 0.6 is 49.6 Å². The van der Waals surface area contributed by atoms with Crippen LogP contribution in [-0.2, 0) is 0 Å². The Kier molecular flexibility index (Phi) is 43.2. The molecular formula is C16H42Cl4N4. The highest BCUT2D eigenvalue weighted by Crippen LogP contribution is 2.06. The standard InChI is InChI=1S/C16H38N4.4ClH/c1-19(15-9-11-17)13-7-5-3-4-6-8-14-20(2)16-10-12-18;;;;/h3-18H2,1-2H3;4*1H. The molecule has 8 heteroatoms. The minimum absolute atomic E-state index is 0. The zero-order valence-corrected chi connectivity index (χ0v) is 18.8. The Hall–Kier alpha value is 1.00. The first-order valence-corrected chi connectivity index (χ1v) is 8.48. The third kappa shape index (κ3) is 27.8. The molecule has 154 valence electrons. The molecule has 0 radical (unpaired) electrons. The molecule has 0 atom stereocenters. The highest BCUT2D eigenvalue weighted by molar-refractivity contribution is 5.86. The summed E-state index contributed by atoms with van der Waals surface area (Å²) in [6.07, 6.45) is 10.4. The van der Waals surface area contributed by atoms with E-state index in [1.165, 1.54) is 51.6 Å². The minimum atomic E-state index is 0. The van der Waals surface area contributed by atoms with Crippen molar-refractivity contribution < 1.29 is 0 Å². The van der Waals surface area contributed by atoms with E-state index in [2.05, 4.69) is 23.9 Å². The van der Waals surface area contributed by atoms with Crippen molar-refractivity contribution in [1.29, 1.82) is 0 Å². The molecule has 0 heterocycles. The number of unbranched alkanes of at least 4 members (excludes halogenated alkanes) is 5. The van der Waals surface area contributed by atoms with Crippen molar-refractivity contribution in [3.8, 4) is 0 Å². The van der Waals surface area contributed by atoms with Crippen LogP contribution in [0.1, 0.15) is 51.4 Å². The fourth-order valence-electron chi connectivity index (χ4n) is 2.42. The van der Waals surface area contributed by atoms with Gasteiger partial charge in [0.05, 0.1) is 0 Å². The Morgan fingerprint density at radius 3 is 1.00 bits per heavy atom. The van der Waals surface area contributed by atoms with Gasteiger partial charge in [0, 0.05) is 0 Å². The van der Waals surface area contributed by atoms with Crippen LogP contribution in [0.4, 0.5) is 0 Å². The van der Waals surface area contributed by atoms with Crippen molar-refractivity contribution in [3.63, 3.8) is 0 Å². The number of rotatable bonds is 15. The van der Waals surface area contributed by atoms with E-state index in [4.69, 9.17) is 11.5 Å². The molecule has 0 aliphatic carbocycles. The Labute approximate surface area is 175 Å². The summed E-state index contributed by atoms with van der Waals surface area (Å²) in [4.78, 5) is 4.80. The molecule has 0 aliphatic heterocycles. The van der Waals surface area contributed by atoms with E-state index < -0.39 is 0 Å². The van der Waals surface area contributed by atoms with Crippen LogP contribution in [-0.4, -0.2) is 63.2 Å². The lowest BCUT2D eigenvalue weighted by Crippen LogP contribution is -2.23. The molecule has 0 saturated carbocycles. The molecular weight excluding hydrogens is 390 g/mol. The van der Waals surface area contributed by atoms with Gasteiger partial charge in [-0.25, -0.2) is 0 Å². The molecule has 0 fully saturated rings. The number of hydrogen-bond acceptors (Lipinski definition) is 4. The zero-order chi connectivity index (χ0) is 15.1. The molecule has 4 nitrogen and oxygen atoms in total. The second kappa shape index (κ2) is 28.8. The lowest BCUT2D eigenvalue weighted by Gasteiger charge is -2.16. The molecule has 4 N–H and O–H groups in total. The summed E-state index contributed by atoms with van der Waals surface area (Å²) < 4.78 is 0. The monoisotopic (exact) mass is 430 g/mol. The molecule has 0 saturated heterocycles. The van der Waals surface area contributed by atoms with E-state index in [0.717, 1.165) is 39.0 Å². The van der Waals surface area contributed by atoms with Crippen molar-refractivity contribution >= 4 is 49.6 Å². The molecule has 0 aliphatic rings. The average Bonchev–Trinajstić information content (AvgIpc) is 2.45. The highest BCUT2D eigenvalue weighted by atomic mass is 35.5. The zero-order valence-electron chi connectivity index (χ0n) is 15.6. The smallest absolute Gasteiger partial charge is 0.000977 e. The summed E-state index contributed by atoms with van der Waals surface area (Å²) in [6.45, 7) is 6.36. The van der Waals surface area contributed by atoms with E-state index in [1.807, 2.05) is 0 Å². The van der Waals surface area contributed by atoms with E-state index in [1.54, 1.807) is 0 Å². The van der Waals surface area contributed by atoms with Crippen molar-refractivity contribution in [2.24, 2.45) is 11.5 Å². The quantitative estimate of drug-likeness (QED) is 0.389. The fraction of sp³-hybridized carbons (Fsp3) is 1.00. The van der Waals surface area contributed by atoms with Gasteiger partial charge in [-0.15, -0.1) is 49.6 Å². The van der Waals surface area contributed by atoms with Gasteiger partial charge in [-0.05, 0) is 79.0 Å². The Morgan fingerprint density at radius 1 is 0.458 bits per heavy atom. The van der Waals surface area contributed by atoms with Gasteiger partial charge in [-0.3, -0.25) is 0 Å². The first-order chi connectivity index (χ1) is 9.70. The minimum Gasteiger partial charge on any atom is -0.330 e. The topological polar surface area (TPSA) is 58.5 Å². The molecule has 0 rings (SSSR count). The van der Waals surface area contributed by atoms with Gasteiger partial charge in [0.15, 0.2) is 0 Å². The van der Waals surface area contributed by atoms with E-state index >= 15 is 0 Å². The molecule has 0 unspecified atom stereocenters. The van der Waals surface area contributed by atoms with Gasteiger partial charge in [-0.2, -0.15) is 0 Å². The van der Waals surface area contributed by atoms with Crippen LogP contribution in [0.3, 0.4) is 0 Å². The fourth-order valence-corrected chi connectivity index (χ4v) is 2.42. The summed E-state index contributed by atoms with van der Waals surface area (Å²) in [5.41, 5.74) is 11.0. The second-order valence-electron chi connectivity index (χ2n) is 6.01. The van der Waals surface area contributed by atoms with Crippen molar-refractivity contribution in [1.82, 2.24) is 9.80 Å². The van der Waals surface area contributed by atoms with Crippen molar-refractivity contribution in [2.75, 3.05) is 53.4 Å². The molecule has 0 bridgehead atoms. The third-order valence-electron chi connectivity index (χ3n) is 3.82. The van der Waals surface area contributed by atoms with Crippen LogP contribution < -0.4 is 11.5 Å². The molecule has 0 aromatic rings. The molecule has 0 aromatic heterocycles. The molecule has 24 heavy (non-hydrogen) atoms. The van der Waals surface area contributed by atoms with Crippen LogP contribution in [0, 0.1) is 0 Å². The first-order valence-electron chi connectivity index (χ1n) is 8.48. The average molecular weight is 432 g/mol. The van der Waals surface area contributed by atoms with Crippen LogP contribution in [0.2, 0.25) is 0 Å². The van der Waals surface area contributed by atoms with Crippen LogP contribution in [0.25, 0.3) is 0 Å². The lowest BCUT2D eigenvalue weighted by molar-refractivity contribution is 0.315. The van der Waals surface area contributed by atoms with Crippen molar-refractivity contribution in [2.45, 2.75) is 51.4 Å². The Balaban J connectivity index is -0.000000301. The van der Waals surface area contributed by atoms with Gasteiger partial charge in [0.1, 0.15) is 0 Å². The van der Waals surface area contributed by atoms with Gasteiger partial charge < -0.3 is 21.3 Å². The van der Waals surface area contributed by atoms with Gasteiger partial charge in [0.2, 0.25) is 0 Å². The summed E-state index contributed by atoms with van der Waals surface area (Å²) in [5.74, 6) is 0. The largest absolute Gasteiger partial charge is 0.330 e. The number of hydrogen-bond donors (Lipinski definition) is 2. The Morgan fingerprint density at radius 2 is 0.708 bits per heavy atom. The second-order valence-corrected chi connectivity index (χ2v) is 6.01. The summed E-state index contributed by atoms with van der Waals surface area (Å²) >= 11 is 0. The predicted molar refractivity (Wildman–Crippen MR) is 119 cm³/mol. The molecule has 0 spiro atoms. The third-order valence-corrected chi connectivity index (χ3v) is 3.82. The number of halogens is 4. The number of nitrogens with two attached hydrogens (primary N) is 2. The maximum absolute atomic E-state index is 5.51. The van der Waals surface area contributed by atoms with Gasteiger partial charge >= 0.3 is 0 Å². The van der Waals surface area contributed by atoms with Crippen LogP contribution in [0.5, 0.6) is 0 Å². The predicted octanol–water partition coefficient (Wildman–Crippen LogP) is 3.58. The number of nitrogens with zero attached hydrogens (tertiary/aromatic N) is 2. The maximum atomic E-state index is 5.51. The highest BCUT2D eigenvalue weighted by Gasteiger charge is 1.99. The van der Waals surface area contributed by atoms with Crippen LogP contribution in [0.15, 0.2) is 0 Å². The van der Waals surface area contributed by atoms with Gasteiger partial charge in [0.25, 0.3) is 0 Å². The molecule has 0 amide bonds. The maximum Gasteiger partial charge on any atom is -0.000977 e. The van der Waals surface area contributed by atoms with Gasteiger partial charge in [-0.1, -0.05) is 25.7 Å². The summed E-state index contributed by atoms with van der Waals surface area (Å²) in [7, 11) is 4.40. The lowest BCUT2D eigenvalue weighted by atomic mass is 10.1. The Bertz CT molecular complexity index is 183. The molecule has 0 aromatic carbocycles. The van der Waals surface area contributed by atoms with E-state index in [0.29, 0.717) is 0 Å². The normalized spacial score (nSPS) is 9.75. The summed E-state index contributed by atoms with van der Waals surface area (Å²) in [5, 5.41) is 0. The van der Waals surface area contributed by atoms with E-state index in [-0.39, 0.29) is 49.6 Å². The summed E-state index contributed by atoms with van der Waals surface area (Å²) in [6, 6.07) is 0. The van der Waals surface area contributed by atoms with E-state index in [9.17, 15) is 0 Å². The first kappa shape index (κ1) is 36.0. The SMILES string of the molecule is CN(CCCN)CCCCCCCCN(C)CCCN.Cl.Cl.Cl.Cl.